The molecule has 0 saturated carbocycles. The Balaban J connectivity index is 0.000000222. The fraction of sp³-hybridized carbons (Fsp3) is 0.214. The Hall–Kier alpha value is -4.64. The Morgan fingerprint density at radius 2 is 1.48 bits per heavy atom. The van der Waals surface area contributed by atoms with Crippen LogP contribution in [0.1, 0.15) is 62.5 Å². The summed E-state index contributed by atoms with van der Waals surface area (Å²) in [4.78, 5) is 13.4. The number of hydrogen-bond acceptors (Lipinski definition) is 5. The van der Waals surface area contributed by atoms with Gasteiger partial charge in [0.1, 0.15) is 23.1 Å². The normalized spacial score (nSPS) is 13.1. The summed E-state index contributed by atoms with van der Waals surface area (Å²) in [6.45, 7) is 10.5. The van der Waals surface area contributed by atoms with E-state index >= 15 is 0 Å². The Morgan fingerprint density at radius 3 is 2.19 bits per heavy atom. The first-order valence-electron chi connectivity index (χ1n) is 17.2. The van der Waals surface area contributed by atoms with Crippen LogP contribution in [0.25, 0.3) is 66.4 Å². The van der Waals surface area contributed by atoms with Crippen LogP contribution in [0.3, 0.4) is 0 Å². The number of benzene rings is 4. The van der Waals surface area contributed by atoms with Crippen LogP contribution in [0.4, 0.5) is 0 Å². The quantitative estimate of drug-likeness (QED) is 0.163. The summed E-state index contributed by atoms with van der Waals surface area (Å²) >= 11 is 0. The number of pyridine rings is 1. The molecule has 5 nitrogen and oxygen atoms in total. The van der Waals surface area contributed by atoms with E-state index in [0.717, 1.165) is 38.7 Å². The van der Waals surface area contributed by atoms with Crippen molar-refractivity contribution in [1.29, 1.82) is 0 Å². The maximum Gasteiger partial charge on any atom is 0.139 e. The summed E-state index contributed by atoms with van der Waals surface area (Å²) in [6, 6.07) is 33.5. The molecule has 4 aromatic heterocycles. The van der Waals surface area contributed by atoms with Crippen molar-refractivity contribution in [3.05, 3.63) is 126 Å². The minimum absolute atomic E-state index is 0. The zero-order chi connectivity index (χ0) is 35.4. The van der Waals surface area contributed by atoms with Crippen LogP contribution in [0.5, 0.6) is 0 Å². The van der Waals surface area contributed by atoms with Crippen molar-refractivity contribution in [2.75, 3.05) is 0 Å². The summed E-state index contributed by atoms with van der Waals surface area (Å²) in [5.41, 5.74) is 8.04. The van der Waals surface area contributed by atoms with Gasteiger partial charge in [0, 0.05) is 63.7 Å². The zero-order valence-corrected chi connectivity index (χ0v) is 30.1. The van der Waals surface area contributed by atoms with Gasteiger partial charge in [0.15, 0.2) is 0 Å². The fourth-order valence-corrected chi connectivity index (χ4v) is 5.69. The van der Waals surface area contributed by atoms with Crippen molar-refractivity contribution in [3.8, 4) is 22.5 Å². The molecule has 0 amide bonds. The van der Waals surface area contributed by atoms with Gasteiger partial charge >= 0.3 is 0 Å². The third kappa shape index (κ3) is 6.31. The van der Waals surface area contributed by atoms with Crippen LogP contribution in [0.2, 0.25) is 0 Å². The predicted molar refractivity (Wildman–Crippen MR) is 192 cm³/mol. The molecule has 0 fully saturated rings. The SMILES string of the molecule is CC(C)(C)c1ccc(-c2[c-]cccc2)nc1.[2H]C([2H])([2H])c1c[c-]c(-c2cc(C(C)(C)C)ncn2)c2oc3cc4oc5ccccc5c4cc3c12.[Ir]. The van der Waals surface area contributed by atoms with Gasteiger partial charge < -0.3 is 13.8 Å². The van der Waals surface area contributed by atoms with Crippen molar-refractivity contribution in [2.45, 2.75) is 59.2 Å². The zero-order valence-electron chi connectivity index (χ0n) is 30.7. The number of para-hydroxylation sites is 1. The topological polar surface area (TPSA) is 65.0 Å². The van der Waals surface area contributed by atoms with Crippen LogP contribution in [-0.2, 0) is 30.9 Å². The van der Waals surface area contributed by atoms with E-state index in [9.17, 15) is 0 Å². The van der Waals surface area contributed by atoms with Gasteiger partial charge in [-0.25, -0.2) is 4.98 Å². The van der Waals surface area contributed by atoms with Crippen molar-refractivity contribution < 1.29 is 33.1 Å². The standard InChI is InChI=1S/C27H21N2O2.C15H16N.Ir/c1-15-9-10-17(20-12-24(27(2,3)4)29-14-28-20)26-25(15)19-11-18-16-7-5-6-8-21(16)30-22(18)13-23(19)31-26;1-15(2,3)13-9-10-14(16-11-13)12-7-5-4-6-8-12;/h5-9,11-14H,1-4H3;4-7,9-11H,1-3H3;/q2*-1;/i1D3;;. The molecule has 6 heteroatoms. The molecule has 0 saturated heterocycles. The van der Waals surface area contributed by atoms with Gasteiger partial charge in [-0.2, -0.15) is 0 Å². The van der Waals surface area contributed by atoms with E-state index in [1.54, 1.807) is 0 Å². The smallest absolute Gasteiger partial charge is 0.139 e. The van der Waals surface area contributed by atoms with E-state index in [2.05, 4.69) is 80.8 Å². The van der Waals surface area contributed by atoms with Crippen molar-refractivity contribution in [3.63, 3.8) is 0 Å². The van der Waals surface area contributed by atoms with Crippen molar-refractivity contribution in [2.24, 2.45) is 0 Å². The molecule has 0 unspecified atom stereocenters. The molecule has 4 heterocycles. The second-order valence-electron chi connectivity index (χ2n) is 13.8. The van der Waals surface area contributed by atoms with Gasteiger partial charge in [0.2, 0.25) is 0 Å². The number of fused-ring (bicyclic) bond motifs is 6. The van der Waals surface area contributed by atoms with E-state index in [1.165, 1.54) is 18.0 Å². The molecule has 8 aromatic rings. The molecule has 0 N–H and O–H groups in total. The third-order valence-electron chi connectivity index (χ3n) is 8.35. The first-order valence-corrected chi connectivity index (χ1v) is 15.7. The fourth-order valence-electron chi connectivity index (χ4n) is 5.69. The molecule has 0 aliphatic heterocycles. The molecular formula is C42H37IrN3O2-2. The van der Waals surface area contributed by atoms with Gasteiger partial charge in [-0.05, 0) is 34.5 Å². The van der Waals surface area contributed by atoms with E-state index < -0.39 is 6.85 Å². The number of aromatic nitrogens is 3. The molecule has 0 bridgehead atoms. The molecule has 48 heavy (non-hydrogen) atoms. The Kier molecular flexibility index (Phi) is 7.84. The maximum absolute atomic E-state index is 8.15. The largest absolute Gasteiger partial charge is 0.500 e. The summed E-state index contributed by atoms with van der Waals surface area (Å²) in [5, 5.41) is 3.15. The maximum atomic E-state index is 8.15. The van der Waals surface area contributed by atoms with Gasteiger partial charge in [-0.15, -0.1) is 53.6 Å². The number of hydrogen-bond donors (Lipinski definition) is 0. The average Bonchev–Trinajstić information content (AvgIpc) is 3.64. The molecule has 4 aromatic carbocycles. The summed E-state index contributed by atoms with van der Waals surface area (Å²) in [7, 11) is 0. The number of aryl methyl sites for hydroxylation is 1. The average molecular weight is 811 g/mol. The van der Waals surface area contributed by atoms with Crippen LogP contribution in [0.15, 0.2) is 106 Å². The summed E-state index contributed by atoms with van der Waals surface area (Å²) < 4.78 is 36.8. The van der Waals surface area contributed by atoms with Gasteiger partial charge in [-0.1, -0.05) is 95.7 Å². The second kappa shape index (κ2) is 12.8. The van der Waals surface area contributed by atoms with Crippen LogP contribution >= 0.6 is 0 Å². The van der Waals surface area contributed by atoms with Crippen LogP contribution in [0, 0.1) is 19.0 Å². The molecule has 243 valence electrons. The molecule has 1 radical (unpaired) electrons. The molecule has 8 rings (SSSR count). The molecular weight excluding hydrogens is 771 g/mol. The van der Waals surface area contributed by atoms with Crippen LogP contribution in [-0.4, -0.2) is 15.0 Å². The predicted octanol–water partition coefficient (Wildman–Crippen LogP) is 11.2. The Morgan fingerprint density at radius 1 is 0.688 bits per heavy atom. The second-order valence-corrected chi connectivity index (χ2v) is 13.8. The van der Waals surface area contributed by atoms with E-state index in [1.807, 2.05) is 72.9 Å². The Bertz CT molecular complexity index is 2490. The van der Waals surface area contributed by atoms with Crippen LogP contribution < -0.4 is 0 Å². The number of nitrogens with zero attached hydrogens (tertiary/aromatic N) is 3. The first-order chi connectivity index (χ1) is 23.7. The van der Waals surface area contributed by atoms with Gasteiger partial charge in [0.25, 0.3) is 0 Å². The van der Waals surface area contributed by atoms with Gasteiger partial charge in [0.05, 0.1) is 5.58 Å². The molecule has 0 aliphatic rings. The third-order valence-corrected chi connectivity index (χ3v) is 8.35. The van der Waals surface area contributed by atoms with Crippen molar-refractivity contribution in [1.82, 2.24) is 15.0 Å². The number of rotatable bonds is 2. The minimum Gasteiger partial charge on any atom is -0.500 e. The van der Waals surface area contributed by atoms with Crippen molar-refractivity contribution >= 4 is 43.9 Å². The van der Waals surface area contributed by atoms with E-state index in [0.29, 0.717) is 33.4 Å². The Labute approximate surface area is 299 Å². The number of furan rings is 2. The monoisotopic (exact) mass is 811 g/mol. The minimum atomic E-state index is -2.33. The first kappa shape index (κ1) is 29.5. The summed E-state index contributed by atoms with van der Waals surface area (Å²) in [5.74, 6) is 0. The molecule has 0 spiro atoms. The van der Waals surface area contributed by atoms with Gasteiger partial charge in [-0.3, -0.25) is 4.98 Å². The van der Waals surface area contributed by atoms with E-state index in [-0.39, 0.29) is 36.5 Å². The van der Waals surface area contributed by atoms with E-state index in [4.69, 9.17) is 12.9 Å². The molecule has 0 atom stereocenters. The summed E-state index contributed by atoms with van der Waals surface area (Å²) in [6.07, 6.45) is 3.48. The molecule has 0 aliphatic carbocycles.